The number of hydrogen-bond donors (Lipinski definition) is 2. The van der Waals surface area contributed by atoms with E-state index in [1.165, 1.54) is 83.5 Å². The molecule has 0 bridgehead atoms. The highest BCUT2D eigenvalue weighted by Crippen LogP contribution is 2.11. The van der Waals surface area contributed by atoms with Crippen LogP contribution in [0.4, 0.5) is 0 Å². The monoisotopic (exact) mass is 312 g/mol. The van der Waals surface area contributed by atoms with Crippen LogP contribution in [0.25, 0.3) is 0 Å². The van der Waals surface area contributed by atoms with Crippen molar-refractivity contribution >= 4 is 0 Å². The van der Waals surface area contributed by atoms with E-state index in [9.17, 15) is 5.11 Å². The normalized spacial score (nSPS) is 13.0. The van der Waals surface area contributed by atoms with E-state index in [4.69, 9.17) is 5.11 Å². The van der Waals surface area contributed by atoms with Crippen LogP contribution in [0.15, 0.2) is 12.2 Å². The molecule has 1 atom stereocenters. The molecule has 0 aromatic carbocycles. The van der Waals surface area contributed by atoms with Gasteiger partial charge in [0.15, 0.2) is 0 Å². The van der Waals surface area contributed by atoms with E-state index < -0.39 is 6.10 Å². The van der Waals surface area contributed by atoms with Crippen LogP contribution in [-0.2, 0) is 0 Å². The van der Waals surface area contributed by atoms with Gasteiger partial charge in [-0.15, -0.1) is 0 Å². The standard InChI is InChI=1S/C20H40O2/c1-2-3-4-5-6-7-8-9-10-11-12-13-14-15-16-17-18-20(22)19-21/h9-10,20-22H,2-8,11-19H2,1H3. The first-order chi connectivity index (χ1) is 10.8. The number of allylic oxidation sites excluding steroid dienone is 2. The summed E-state index contributed by atoms with van der Waals surface area (Å²) in [5, 5.41) is 17.9. The Morgan fingerprint density at radius 3 is 1.64 bits per heavy atom. The van der Waals surface area contributed by atoms with E-state index in [2.05, 4.69) is 19.1 Å². The molecular weight excluding hydrogens is 272 g/mol. The van der Waals surface area contributed by atoms with Crippen molar-refractivity contribution in [3.8, 4) is 0 Å². The van der Waals surface area contributed by atoms with Gasteiger partial charge in [0.1, 0.15) is 0 Å². The third-order valence-electron chi connectivity index (χ3n) is 4.26. The van der Waals surface area contributed by atoms with Gasteiger partial charge in [-0.3, -0.25) is 0 Å². The summed E-state index contributed by atoms with van der Waals surface area (Å²) >= 11 is 0. The molecule has 0 aliphatic heterocycles. The molecule has 0 radical (unpaired) electrons. The summed E-state index contributed by atoms with van der Waals surface area (Å²) in [4.78, 5) is 0. The number of hydrogen-bond acceptors (Lipinski definition) is 2. The first-order valence-corrected chi connectivity index (χ1v) is 9.75. The molecule has 132 valence electrons. The predicted molar refractivity (Wildman–Crippen MR) is 97.2 cm³/mol. The summed E-state index contributed by atoms with van der Waals surface area (Å²) < 4.78 is 0. The number of rotatable bonds is 17. The Bertz CT molecular complexity index is 226. The smallest absolute Gasteiger partial charge is 0.0770 e. The first kappa shape index (κ1) is 21.7. The lowest BCUT2D eigenvalue weighted by Crippen LogP contribution is -2.10. The van der Waals surface area contributed by atoms with Gasteiger partial charge in [-0.2, -0.15) is 0 Å². The summed E-state index contributed by atoms with van der Waals surface area (Å²) in [5.74, 6) is 0. The van der Waals surface area contributed by atoms with Crippen molar-refractivity contribution in [2.24, 2.45) is 0 Å². The third kappa shape index (κ3) is 17.7. The SMILES string of the molecule is CCCCCCCCC=CCCCCCCCCC(O)CO. The molecule has 22 heavy (non-hydrogen) atoms. The molecule has 0 aliphatic carbocycles. The van der Waals surface area contributed by atoms with Crippen LogP contribution >= 0.6 is 0 Å². The van der Waals surface area contributed by atoms with Gasteiger partial charge in [0.05, 0.1) is 12.7 Å². The minimum atomic E-state index is -0.503. The van der Waals surface area contributed by atoms with Gasteiger partial charge in [-0.05, 0) is 32.1 Å². The molecule has 1 unspecified atom stereocenters. The number of aliphatic hydroxyl groups excluding tert-OH is 2. The summed E-state index contributed by atoms with van der Waals surface area (Å²) in [5.41, 5.74) is 0. The van der Waals surface area contributed by atoms with E-state index in [1.807, 2.05) is 0 Å². The summed E-state index contributed by atoms with van der Waals surface area (Å²) in [6.07, 6.45) is 23.2. The summed E-state index contributed by atoms with van der Waals surface area (Å²) in [6, 6.07) is 0. The topological polar surface area (TPSA) is 40.5 Å². The zero-order valence-electron chi connectivity index (χ0n) is 14.9. The molecule has 0 aromatic rings. The van der Waals surface area contributed by atoms with E-state index in [0.29, 0.717) is 0 Å². The maximum absolute atomic E-state index is 9.22. The molecule has 0 fully saturated rings. The molecule has 0 spiro atoms. The predicted octanol–water partition coefficient (Wildman–Crippen LogP) is 5.77. The van der Waals surface area contributed by atoms with Crippen LogP contribution in [-0.4, -0.2) is 22.9 Å². The van der Waals surface area contributed by atoms with Crippen molar-refractivity contribution in [3.63, 3.8) is 0 Å². The molecule has 0 aliphatic rings. The van der Waals surface area contributed by atoms with Crippen molar-refractivity contribution in [1.29, 1.82) is 0 Å². The average Bonchev–Trinajstić information content (AvgIpc) is 2.54. The van der Waals surface area contributed by atoms with Crippen LogP contribution in [0.2, 0.25) is 0 Å². The molecule has 0 amide bonds. The Kier molecular flexibility index (Phi) is 18.4. The highest BCUT2D eigenvalue weighted by atomic mass is 16.3. The lowest BCUT2D eigenvalue weighted by atomic mass is 10.1. The third-order valence-corrected chi connectivity index (χ3v) is 4.26. The zero-order chi connectivity index (χ0) is 16.3. The van der Waals surface area contributed by atoms with Crippen LogP contribution < -0.4 is 0 Å². The number of unbranched alkanes of at least 4 members (excludes halogenated alkanes) is 12. The Hall–Kier alpha value is -0.340. The van der Waals surface area contributed by atoms with Crippen LogP contribution in [0, 0.1) is 0 Å². The molecule has 2 N–H and O–H groups in total. The first-order valence-electron chi connectivity index (χ1n) is 9.75. The average molecular weight is 313 g/mol. The fourth-order valence-electron chi connectivity index (χ4n) is 2.72. The molecule has 0 saturated carbocycles. The minimum Gasteiger partial charge on any atom is -0.394 e. The maximum atomic E-state index is 9.22. The van der Waals surface area contributed by atoms with Crippen molar-refractivity contribution in [2.75, 3.05) is 6.61 Å². The van der Waals surface area contributed by atoms with Gasteiger partial charge in [0.25, 0.3) is 0 Å². The van der Waals surface area contributed by atoms with E-state index in [1.54, 1.807) is 0 Å². The molecule has 2 heteroatoms. The molecule has 0 saturated heterocycles. The lowest BCUT2D eigenvalue weighted by molar-refractivity contribution is 0.0860. The Labute approximate surface area is 139 Å². The molecule has 0 aromatic heterocycles. The maximum Gasteiger partial charge on any atom is 0.0770 e. The molecular formula is C20H40O2. The Balaban J connectivity index is 3.08. The second kappa shape index (κ2) is 18.7. The van der Waals surface area contributed by atoms with Crippen molar-refractivity contribution < 1.29 is 10.2 Å². The van der Waals surface area contributed by atoms with Crippen molar-refractivity contribution in [2.45, 2.75) is 109 Å². The van der Waals surface area contributed by atoms with Gasteiger partial charge in [-0.1, -0.05) is 83.3 Å². The van der Waals surface area contributed by atoms with Gasteiger partial charge >= 0.3 is 0 Å². The fourth-order valence-corrected chi connectivity index (χ4v) is 2.72. The second-order valence-electron chi connectivity index (χ2n) is 6.56. The lowest BCUT2D eigenvalue weighted by Gasteiger charge is -2.05. The quantitative estimate of drug-likeness (QED) is 0.264. The van der Waals surface area contributed by atoms with Crippen molar-refractivity contribution in [1.82, 2.24) is 0 Å². The second-order valence-corrected chi connectivity index (χ2v) is 6.56. The number of aliphatic hydroxyl groups is 2. The minimum absolute atomic E-state index is 0.0922. The van der Waals surface area contributed by atoms with E-state index in [-0.39, 0.29) is 6.61 Å². The van der Waals surface area contributed by atoms with Crippen LogP contribution in [0.5, 0.6) is 0 Å². The van der Waals surface area contributed by atoms with Gasteiger partial charge in [0, 0.05) is 0 Å². The van der Waals surface area contributed by atoms with Crippen molar-refractivity contribution in [3.05, 3.63) is 12.2 Å². The van der Waals surface area contributed by atoms with Crippen LogP contribution in [0.3, 0.4) is 0 Å². The molecule has 0 heterocycles. The van der Waals surface area contributed by atoms with Gasteiger partial charge in [0.2, 0.25) is 0 Å². The Morgan fingerprint density at radius 2 is 1.14 bits per heavy atom. The Morgan fingerprint density at radius 1 is 0.682 bits per heavy atom. The van der Waals surface area contributed by atoms with Gasteiger partial charge < -0.3 is 10.2 Å². The summed E-state index contributed by atoms with van der Waals surface area (Å²) in [7, 11) is 0. The largest absolute Gasteiger partial charge is 0.394 e. The van der Waals surface area contributed by atoms with Crippen LogP contribution in [0.1, 0.15) is 103 Å². The highest BCUT2D eigenvalue weighted by molar-refractivity contribution is 4.81. The highest BCUT2D eigenvalue weighted by Gasteiger charge is 2.00. The van der Waals surface area contributed by atoms with E-state index in [0.717, 1.165) is 12.8 Å². The summed E-state index contributed by atoms with van der Waals surface area (Å²) in [6.45, 7) is 2.18. The van der Waals surface area contributed by atoms with Gasteiger partial charge in [-0.25, -0.2) is 0 Å². The molecule has 0 rings (SSSR count). The fraction of sp³-hybridized carbons (Fsp3) is 0.900. The van der Waals surface area contributed by atoms with E-state index >= 15 is 0 Å². The zero-order valence-corrected chi connectivity index (χ0v) is 14.9. The molecule has 2 nitrogen and oxygen atoms in total.